The minimum Gasteiger partial charge on any atom is -0.358 e. The molecule has 4 heteroatoms. The molecule has 0 amide bonds. The summed E-state index contributed by atoms with van der Waals surface area (Å²) < 4.78 is 0. The molecule has 0 unspecified atom stereocenters. The lowest BCUT2D eigenvalue weighted by Gasteiger charge is -2.02. The zero-order valence-corrected chi connectivity index (χ0v) is 9.13. The average molecular weight is 219 g/mol. The van der Waals surface area contributed by atoms with Crippen LogP contribution >= 0.6 is 12.2 Å². The Labute approximate surface area is 94.9 Å². The smallest absolute Gasteiger partial charge is 0.187 e. The molecule has 0 atom stereocenters. The summed E-state index contributed by atoms with van der Waals surface area (Å²) in [6, 6.07) is 9.79. The highest BCUT2D eigenvalue weighted by molar-refractivity contribution is 7.80. The first-order chi connectivity index (χ1) is 7.33. The van der Waals surface area contributed by atoms with Crippen LogP contribution in [-0.4, -0.2) is 17.9 Å². The fraction of sp³-hybridized carbons (Fsp3) is 0.0909. The second kappa shape index (κ2) is 6.73. The topological polar surface area (TPSA) is 36.4 Å². The quantitative estimate of drug-likeness (QED) is 0.350. The number of hydrazone groups is 1. The van der Waals surface area contributed by atoms with E-state index in [-0.39, 0.29) is 0 Å². The summed E-state index contributed by atoms with van der Waals surface area (Å²) in [6.07, 6.45) is 3.44. The van der Waals surface area contributed by atoms with E-state index >= 15 is 0 Å². The molecule has 0 spiro atoms. The molecule has 0 aliphatic carbocycles. The molecule has 78 valence electrons. The van der Waals surface area contributed by atoms with E-state index < -0.39 is 0 Å². The van der Waals surface area contributed by atoms with Gasteiger partial charge in [-0.2, -0.15) is 5.10 Å². The number of rotatable bonds is 4. The van der Waals surface area contributed by atoms with E-state index in [2.05, 4.69) is 22.4 Å². The Balaban J connectivity index is 2.33. The van der Waals surface area contributed by atoms with Crippen molar-refractivity contribution >= 4 is 23.5 Å². The van der Waals surface area contributed by atoms with Crippen molar-refractivity contribution in [2.24, 2.45) is 5.10 Å². The maximum absolute atomic E-state index is 4.95. The zero-order valence-electron chi connectivity index (χ0n) is 8.31. The minimum atomic E-state index is 0.488. The monoisotopic (exact) mass is 219 g/mol. The van der Waals surface area contributed by atoms with E-state index in [0.717, 1.165) is 5.56 Å². The molecule has 0 fully saturated rings. The van der Waals surface area contributed by atoms with Crippen molar-refractivity contribution in [2.75, 3.05) is 6.54 Å². The summed E-state index contributed by atoms with van der Waals surface area (Å²) in [7, 11) is 0. The number of benzene rings is 1. The second-order valence-electron chi connectivity index (χ2n) is 2.78. The van der Waals surface area contributed by atoms with Crippen LogP contribution < -0.4 is 10.7 Å². The molecule has 1 aromatic rings. The molecule has 0 radical (unpaired) electrons. The maximum Gasteiger partial charge on any atom is 0.187 e. The molecule has 1 aromatic carbocycles. The van der Waals surface area contributed by atoms with Gasteiger partial charge in [0.2, 0.25) is 0 Å². The van der Waals surface area contributed by atoms with Gasteiger partial charge in [-0.25, -0.2) is 0 Å². The third-order valence-corrected chi connectivity index (χ3v) is 1.82. The molecule has 0 saturated heterocycles. The third-order valence-electron chi connectivity index (χ3n) is 1.59. The van der Waals surface area contributed by atoms with Crippen molar-refractivity contribution in [2.45, 2.75) is 0 Å². The van der Waals surface area contributed by atoms with E-state index in [1.807, 2.05) is 30.3 Å². The lowest BCUT2D eigenvalue weighted by Crippen LogP contribution is -2.31. The van der Waals surface area contributed by atoms with Gasteiger partial charge in [-0.1, -0.05) is 36.4 Å². The minimum absolute atomic E-state index is 0.488. The highest BCUT2D eigenvalue weighted by atomic mass is 32.1. The van der Waals surface area contributed by atoms with Gasteiger partial charge in [0.15, 0.2) is 5.11 Å². The lowest BCUT2D eigenvalue weighted by molar-refractivity contribution is 0.942. The van der Waals surface area contributed by atoms with Gasteiger partial charge in [0.1, 0.15) is 0 Å². The normalized spacial score (nSPS) is 9.87. The van der Waals surface area contributed by atoms with Crippen molar-refractivity contribution < 1.29 is 0 Å². The zero-order chi connectivity index (χ0) is 10.9. The number of nitrogens with zero attached hydrogens (tertiary/aromatic N) is 1. The molecular weight excluding hydrogens is 206 g/mol. The molecule has 1 rings (SSSR count). The summed E-state index contributed by atoms with van der Waals surface area (Å²) in [5, 5.41) is 7.38. The molecule has 0 aromatic heterocycles. The van der Waals surface area contributed by atoms with Gasteiger partial charge in [-0.15, -0.1) is 6.58 Å². The van der Waals surface area contributed by atoms with Crippen LogP contribution in [0.3, 0.4) is 0 Å². The molecule has 2 N–H and O–H groups in total. The number of thiocarbonyl (C=S) groups is 1. The largest absolute Gasteiger partial charge is 0.358 e. The standard InChI is InChI=1S/C11H13N3S/c1-2-8-12-11(15)14-13-9-10-6-4-3-5-7-10/h2-7,9H,1,8H2,(H2,12,14,15)/b13-9-. The highest BCUT2D eigenvalue weighted by Crippen LogP contribution is 1.92. The first-order valence-electron chi connectivity index (χ1n) is 4.56. The first-order valence-corrected chi connectivity index (χ1v) is 4.96. The molecular formula is C11H13N3S. The number of hydrogen-bond acceptors (Lipinski definition) is 2. The molecule has 0 saturated carbocycles. The molecule has 0 bridgehead atoms. The van der Waals surface area contributed by atoms with Crippen LogP contribution in [0.4, 0.5) is 0 Å². The van der Waals surface area contributed by atoms with Gasteiger partial charge in [0.05, 0.1) is 6.21 Å². The van der Waals surface area contributed by atoms with Crippen LogP contribution in [-0.2, 0) is 0 Å². The number of nitrogens with one attached hydrogen (secondary N) is 2. The van der Waals surface area contributed by atoms with Gasteiger partial charge < -0.3 is 5.32 Å². The Morgan fingerprint density at radius 2 is 2.13 bits per heavy atom. The Bertz CT molecular complexity index is 346. The average Bonchev–Trinajstić information content (AvgIpc) is 2.28. The fourth-order valence-electron chi connectivity index (χ4n) is 0.909. The van der Waals surface area contributed by atoms with Crippen molar-refractivity contribution in [1.29, 1.82) is 0 Å². The van der Waals surface area contributed by atoms with Crippen molar-refractivity contribution in [3.05, 3.63) is 48.6 Å². The van der Waals surface area contributed by atoms with Gasteiger partial charge >= 0.3 is 0 Å². The van der Waals surface area contributed by atoms with Gasteiger partial charge in [0.25, 0.3) is 0 Å². The Hall–Kier alpha value is -1.68. The maximum atomic E-state index is 4.95. The summed E-state index contributed by atoms with van der Waals surface area (Å²) in [4.78, 5) is 0. The molecule has 15 heavy (non-hydrogen) atoms. The van der Waals surface area contributed by atoms with Crippen molar-refractivity contribution in [1.82, 2.24) is 10.7 Å². The third kappa shape index (κ3) is 4.93. The van der Waals surface area contributed by atoms with Crippen molar-refractivity contribution in [3.63, 3.8) is 0 Å². The van der Waals surface area contributed by atoms with Crippen LogP contribution in [0.1, 0.15) is 5.56 Å². The summed E-state index contributed by atoms with van der Waals surface area (Å²) >= 11 is 4.95. The van der Waals surface area contributed by atoms with Gasteiger partial charge in [-0.3, -0.25) is 5.43 Å². The molecule has 0 heterocycles. The van der Waals surface area contributed by atoms with Crippen LogP contribution in [0.15, 0.2) is 48.1 Å². The fourth-order valence-corrected chi connectivity index (χ4v) is 1.04. The van der Waals surface area contributed by atoms with Crippen LogP contribution in [0.25, 0.3) is 0 Å². The predicted octanol–water partition coefficient (Wildman–Crippen LogP) is 1.67. The molecule has 3 nitrogen and oxygen atoms in total. The Kier molecular flexibility index (Phi) is 5.11. The highest BCUT2D eigenvalue weighted by Gasteiger charge is 1.88. The van der Waals surface area contributed by atoms with E-state index in [9.17, 15) is 0 Å². The van der Waals surface area contributed by atoms with E-state index in [1.54, 1.807) is 12.3 Å². The van der Waals surface area contributed by atoms with Crippen LogP contribution in [0, 0.1) is 0 Å². The number of hydrogen-bond donors (Lipinski definition) is 2. The van der Waals surface area contributed by atoms with Crippen LogP contribution in [0.5, 0.6) is 0 Å². The Morgan fingerprint density at radius 1 is 1.40 bits per heavy atom. The predicted molar refractivity (Wildman–Crippen MR) is 68.0 cm³/mol. The first kappa shape index (κ1) is 11.4. The summed E-state index contributed by atoms with van der Waals surface area (Å²) in [6.45, 7) is 4.20. The molecule has 0 aliphatic rings. The second-order valence-corrected chi connectivity index (χ2v) is 3.19. The summed E-state index contributed by atoms with van der Waals surface area (Å²) in [5.41, 5.74) is 3.73. The lowest BCUT2D eigenvalue weighted by atomic mass is 10.2. The summed E-state index contributed by atoms with van der Waals surface area (Å²) in [5.74, 6) is 0. The van der Waals surface area contributed by atoms with Crippen molar-refractivity contribution in [3.8, 4) is 0 Å². The van der Waals surface area contributed by atoms with Gasteiger partial charge in [-0.05, 0) is 17.8 Å². The molecule has 0 aliphatic heterocycles. The van der Waals surface area contributed by atoms with E-state index in [1.165, 1.54) is 0 Å². The van der Waals surface area contributed by atoms with E-state index in [0.29, 0.717) is 11.7 Å². The van der Waals surface area contributed by atoms with Gasteiger partial charge in [0, 0.05) is 6.54 Å². The van der Waals surface area contributed by atoms with Crippen LogP contribution in [0.2, 0.25) is 0 Å². The SMILES string of the molecule is C=CCNC(=S)N/N=C\c1ccccc1. The van der Waals surface area contributed by atoms with E-state index in [4.69, 9.17) is 12.2 Å². The Morgan fingerprint density at radius 3 is 2.80 bits per heavy atom.